The Labute approximate surface area is 105 Å². The second-order valence-electron chi connectivity index (χ2n) is 3.76. The molecule has 1 aromatic rings. The summed E-state index contributed by atoms with van der Waals surface area (Å²) >= 11 is 0. The van der Waals surface area contributed by atoms with Crippen LogP contribution in [0.5, 0.6) is 0 Å². The number of hydrogen-bond acceptors (Lipinski definition) is 5. The molecule has 100 valence electrons. The summed E-state index contributed by atoms with van der Waals surface area (Å²) in [6.07, 6.45) is 2.61. The number of methoxy groups -OCH3 is 1. The average molecular weight is 254 g/mol. The first-order chi connectivity index (χ1) is 8.60. The molecule has 1 amide bonds. The molecular formula is C11H18N4O3. The van der Waals surface area contributed by atoms with Crippen LogP contribution in [0.25, 0.3) is 0 Å². The minimum Gasteiger partial charge on any atom is -0.464 e. The molecule has 0 spiro atoms. The Bertz CT molecular complexity index is 428. The average Bonchev–Trinajstić information content (AvgIpc) is 2.74. The molecule has 0 bridgehead atoms. The molecule has 7 nitrogen and oxygen atoms in total. The number of carbonyl (C=O) groups is 2. The third-order valence-corrected chi connectivity index (χ3v) is 2.41. The van der Waals surface area contributed by atoms with Crippen molar-refractivity contribution in [2.75, 3.05) is 19.4 Å². The normalized spacial score (nSPS) is 10.1. The molecule has 18 heavy (non-hydrogen) atoms. The third kappa shape index (κ3) is 3.47. The van der Waals surface area contributed by atoms with Crippen LogP contribution in [0.4, 0.5) is 5.82 Å². The molecule has 1 aromatic heterocycles. The van der Waals surface area contributed by atoms with E-state index in [4.69, 9.17) is 5.73 Å². The number of carbonyl (C=O) groups excluding carboxylic acids is 2. The molecular weight excluding hydrogens is 236 g/mol. The summed E-state index contributed by atoms with van der Waals surface area (Å²) in [5.74, 6) is -0.420. The lowest BCUT2D eigenvalue weighted by Crippen LogP contribution is -2.25. The van der Waals surface area contributed by atoms with E-state index in [1.807, 2.05) is 6.92 Å². The summed E-state index contributed by atoms with van der Waals surface area (Å²) in [5.41, 5.74) is 5.81. The van der Waals surface area contributed by atoms with Gasteiger partial charge in [-0.2, -0.15) is 0 Å². The Morgan fingerprint density at radius 3 is 2.89 bits per heavy atom. The predicted octanol–water partition coefficient (Wildman–Crippen LogP) is 0.168. The molecule has 3 N–H and O–H groups in total. The smallest absolute Gasteiger partial charge is 0.360 e. The molecule has 0 unspecified atom stereocenters. The molecule has 0 fully saturated rings. The lowest BCUT2D eigenvalue weighted by Gasteiger charge is -2.06. The summed E-state index contributed by atoms with van der Waals surface area (Å²) in [7, 11) is 1.26. The van der Waals surface area contributed by atoms with Gasteiger partial charge in [-0.1, -0.05) is 6.92 Å². The number of anilines is 1. The Hall–Kier alpha value is -2.05. The first kappa shape index (κ1) is 14.0. The topological polar surface area (TPSA) is 99.2 Å². The van der Waals surface area contributed by atoms with Gasteiger partial charge in [0.2, 0.25) is 5.91 Å². The molecule has 1 rings (SSSR count). The van der Waals surface area contributed by atoms with Gasteiger partial charge in [0.25, 0.3) is 0 Å². The van der Waals surface area contributed by atoms with Gasteiger partial charge in [-0.15, -0.1) is 0 Å². The molecule has 0 saturated carbocycles. The van der Waals surface area contributed by atoms with E-state index in [9.17, 15) is 9.59 Å². The standard InChI is InChI=1S/C11H18N4O3/c1-3-5-13-8(16)4-6-15-7-14-9(10(15)12)11(17)18-2/h7H,3-6,12H2,1-2H3,(H,13,16). The van der Waals surface area contributed by atoms with Crippen LogP contribution in [-0.4, -0.2) is 35.1 Å². The van der Waals surface area contributed by atoms with Crippen LogP contribution in [-0.2, 0) is 16.1 Å². The minimum absolute atomic E-state index is 0.0513. The summed E-state index contributed by atoms with van der Waals surface area (Å²) in [6, 6.07) is 0. The zero-order valence-corrected chi connectivity index (χ0v) is 10.6. The van der Waals surface area contributed by atoms with E-state index < -0.39 is 5.97 Å². The number of aryl methyl sites for hydroxylation is 1. The number of ether oxygens (including phenoxy) is 1. The maximum Gasteiger partial charge on any atom is 0.360 e. The van der Waals surface area contributed by atoms with E-state index in [1.165, 1.54) is 13.4 Å². The van der Waals surface area contributed by atoms with E-state index in [0.29, 0.717) is 19.5 Å². The number of aromatic nitrogens is 2. The molecule has 0 aliphatic heterocycles. The van der Waals surface area contributed by atoms with Gasteiger partial charge in [0.15, 0.2) is 5.69 Å². The van der Waals surface area contributed by atoms with Crippen molar-refractivity contribution >= 4 is 17.7 Å². The van der Waals surface area contributed by atoms with Crippen LogP contribution in [0.3, 0.4) is 0 Å². The van der Waals surface area contributed by atoms with Crippen molar-refractivity contribution in [3.05, 3.63) is 12.0 Å². The largest absolute Gasteiger partial charge is 0.464 e. The molecule has 1 heterocycles. The first-order valence-electron chi connectivity index (χ1n) is 5.75. The fraction of sp³-hybridized carbons (Fsp3) is 0.545. The molecule has 0 aliphatic carbocycles. The maximum absolute atomic E-state index is 11.4. The quantitative estimate of drug-likeness (QED) is 0.705. The monoisotopic (exact) mass is 254 g/mol. The van der Waals surface area contributed by atoms with Crippen LogP contribution in [0.2, 0.25) is 0 Å². The molecule has 0 saturated heterocycles. The summed E-state index contributed by atoms with van der Waals surface area (Å²) < 4.78 is 6.09. The number of amides is 1. The molecule has 0 aromatic carbocycles. The highest BCUT2D eigenvalue weighted by Gasteiger charge is 2.16. The number of rotatable bonds is 6. The number of nitrogens with two attached hydrogens (primary N) is 1. The van der Waals surface area contributed by atoms with E-state index in [-0.39, 0.29) is 17.4 Å². The van der Waals surface area contributed by atoms with Crippen molar-refractivity contribution in [3.8, 4) is 0 Å². The van der Waals surface area contributed by atoms with Gasteiger partial charge in [0.1, 0.15) is 5.82 Å². The van der Waals surface area contributed by atoms with E-state index >= 15 is 0 Å². The third-order valence-electron chi connectivity index (χ3n) is 2.41. The Morgan fingerprint density at radius 1 is 1.56 bits per heavy atom. The van der Waals surface area contributed by atoms with E-state index in [1.54, 1.807) is 4.57 Å². The number of esters is 1. The number of nitrogens with zero attached hydrogens (tertiary/aromatic N) is 2. The minimum atomic E-state index is -0.582. The second kappa shape index (κ2) is 6.63. The lowest BCUT2D eigenvalue weighted by atomic mass is 10.3. The molecule has 0 aliphatic rings. The first-order valence-corrected chi connectivity index (χ1v) is 5.75. The highest BCUT2D eigenvalue weighted by molar-refractivity contribution is 5.92. The van der Waals surface area contributed by atoms with Crippen LogP contribution in [0.1, 0.15) is 30.3 Å². The van der Waals surface area contributed by atoms with Gasteiger partial charge >= 0.3 is 5.97 Å². The van der Waals surface area contributed by atoms with Gasteiger partial charge in [0.05, 0.1) is 13.4 Å². The number of nitrogens with one attached hydrogen (secondary N) is 1. The lowest BCUT2D eigenvalue weighted by molar-refractivity contribution is -0.121. The molecule has 0 atom stereocenters. The Morgan fingerprint density at radius 2 is 2.28 bits per heavy atom. The van der Waals surface area contributed by atoms with Gasteiger partial charge in [0, 0.05) is 19.5 Å². The fourth-order valence-electron chi connectivity index (χ4n) is 1.40. The Kier molecular flexibility index (Phi) is 5.16. The van der Waals surface area contributed by atoms with Gasteiger partial charge in [-0.3, -0.25) is 4.79 Å². The van der Waals surface area contributed by atoms with Crippen molar-refractivity contribution in [3.63, 3.8) is 0 Å². The number of hydrogen-bond donors (Lipinski definition) is 2. The summed E-state index contributed by atoms with van der Waals surface area (Å²) in [4.78, 5) is 26.5. The second-order valence-corrected chi connectivity index (χ2v) is 3.76. The van der Waals surface area contributed by atoms with E-state index in [0.717, 1.165) is 6.42 Å². The Balaban J connectivity index is 2.56. The fourth-order valence-corrected chi connectivity index (χ4v) is 1.40. The highest BCUT2D eigenvalue weighted by atomic mass is 16.5. The van der Waals surface area contributed by atoms with E-state index in [2.05, 4.69) is 15.0 Å². The SMILES string of the molecule is CCCNC(=O)CCn1cnc(C(=O)OC)c1N. The zero-order valence-electron chi connectivity index (χ0n) is 10.6. The highest BCUT2D eigenvalue weighted by Crippen LogP contribution is 2.11. The summed E-state index contributed by atoms with van der Waals surface area (Å²) in [5, 5.41) is 2.76. The van der Waals surface area contributed by atoms with Gasteiger partial charge < -0.3 is 20.4 Å². The van der Waals surface area contributed by atoms with Crippen LogP contribution in [0.15, 0.2) is 6.33 Å². The van der Waals surface area contributed by atoms with Crippen molar-refractivity contribution < 1.29 is 14.3 Å². The van der Waals surface area contributed by atoms with Gasteiger partial charge in [-0.25, -0.2) is 9.78 Å². The predicted molar refractivity (Wildman–Crippen MR) is 65.9 cm³/mol. The molecule has 7 heteroatoms. The number of imidazole rings is 1. The maximum atomic E-state index is 11.4. The van der Waals surface area contributed by atoms with Crippen LogP contribution in [0, 0.1) is 0 Å². The molecule has 0 radical (unpaired) electrons. The van der Waals surface area contributed by atoms with Crippen molar-refractivity contribution in [2.24, 2.45) is 0 Å². The van der Waals surface area contributed by atoms with Crippen LogP contribution < -0.4 is 11.1 Å². The summed E-state index contributed by atoms with van der Waals surface area (Å²) in [6.45, 7) is 3.02. The number of nitrogen functional groups attached to an aromatic ring is 1. The van der Waals surface area contributed by atoms with Gasteiger partial charge in [-0.05, 0) is 6.42 Å². The van der Waals surface area contributed by atoms with Crippen molar-refractivity contribution in [1.82, 2.24) is 14.9 Å². The van der Waals surface area contributed by atoms with Crippen LogP contribution >= 0.6 is 0 Å². The zero-order chi connectivity index (χ0) is 13.5. The van der Waals surface area contributed by atoms with Crippen molar-refractivity contribution in [1.29, 1.82) is 0 Å². The van der Waals surface area contributed by atoms with Crippen molar-refractivity contribution in [2.45, 2.75) is 26.3 Å².